The first-order chi connectivity index (χ1) is 13.3. The van der Waals surface area contributed by atoms with E-state index in [0.29, 0.717) is 6.04 Å². The zero-order valence-corrected chi connectivity index (χ0v) is 16.5. The first-order valence-electron chi connectivity index (χ1n) is 10.6. The Morgan fingerprint density at radius 3 is 2.37 bits per heavy atom. The summed E-state index contributed by atoms with van der Waals surface area (Å²) in [5.74, 6) is 1.24. The molecule has 3 heteroatoms. The van der Waals surface area contributed by atoms with Gasteiger partial charge < -0.3 is 4.57 Å². The maximum Gasteiger partial charge on any atom is 0.127 e. The first-order valence-corrected chi connectivity index (χ1v) is 10.6. The third kappa shape index (κ3) is 4.24. The fraction of sp³-hybridized carbons (Fsp3) is 0.458. The van der Waals surface area contributed by atoms with E-state index in [1.54, 1.807) is 0 Å². The molecule has 0 bridgehead atoms. The molecule has 0 N–H and O–H groups in total. The van der Waals surface area contributed by atoms with Crippen molar-refractivity contribution >= 4 is 11.0 Å². The number of imidazole rings is 1. The number of likely N-dealkylation sites (tertiary alicyclic amines) is 1. The first kappa shape index (κ1) is 18.2. The second-order valence-corrected chi connectivity index (χ2v) is 7.83. The third-order valence-corrected chi connectivity index (χ3v) is 5.94. The smallest absolute Gasteiger partial charge is 0.127 e. The van der Waals surface area contributed by atoms with Crippen molar-refractivity contribution in [3.8, 4) is 0 Å². The summed E-state index contributed by atoms with van der Waals surface area (Å²) in [7, 11) is 0. The molecule has 4 rings (SSSR count). The Hall–Kier alpha value is -2.13. The van der Waals surface area contributed by atoms with Crippen molar-refractivity contribution in [1.29, 1.82) is 0 Å². The van der Waals surface area contributed by atoms with E-state index in [-0.39, 0.29) is 0 Å². The zero-order chi connectivity index (χ0) is 18.5. The molecule has 1 aromatic heterocycles. The van der Waals surface area contributed by atoms with Gasteiger partial charge in [-0.15, -0.1) is 0 Å². The number of aryl methyl sites for hydroxylation is 2. The molecule has 1 saturated heterocycles. The molecule has 0 saturated carbocycles. The van der Waals surface area contributed by atoms with Crippen LogP contribution in [0.25, 0.3) is 11.0 Å². The lowest BCUT2D eigenvalue weighted by Gasteiger charge is -2.27. The molecular weight excluding hydrogens is 330 g/mol. The fourth-order valence-electron chi connectivity index (χ4n) is 4.38. The van der Waals surface area contributed by atoms with E-state index < -0.39 is 0 Å². The molecule has 142 valence electrons. The van der Waals surface area contributed by atoms with Crippen molar-refractivity contribution < 1.29 is 0 Å². The summed E-state index contributed by atoms with van der Waals surface area (Å²) in [6.07, 6.45) is 7.64. The van der Waals surface area contributed by atoms with Gasteiger partial charge in [0, 0.05) is 6.54 Å². The average Bonchev–Trinajstić information content (AvgIpc) is 2.88. The molecule has 1 aliphatic rings. The van der Waals surface area contributed by atoms with Crippen LogP contribution in [0.15, 0.2) is 54.6 Å². The number of fused-ring (bicyclic) bond motifs is 1. The van der Waals surface area contributed by atoms with E-state index in [9.17, 15) is 0 Å². The SMILES string of the molecule is C[C@@H](c1nc2ccccc2n1CCCc1ccccc1)N1CCCCCC1. The minimum Gasteiger partial charge on any atom is -0.327 e. The molecule has 1 fully saturated rings. The lowest BCUT2D eigenvalue weighted by atomic mass is 10.1. The number of rotatable bonds is 6. The quantitative estimate of drug-likeness (QED) is 0.569. The van der Waals surface area contributed by atoms with E-state index in [1.807, 2.05) is 0 Å². The summed E-state index contributed by atoms with van der Waals surface area (Å²) in [4.78, 5) is 7.71. The van der Waals surface area contributed by atoms with Crippen molar-refractivity contribution in [2.45, 2.75) is 58.0 Å². The predicted molar refractivity (Wildman–Crippen MR) is 113 cm³/mol. The summed E-state index contributed by atoms with van der Waals surface area (Å²) in [6, 6.07) is 19.8. The monoisotopic (exact) mass is 361 g/mol. The summed E-state index contributed by atoms with van der Waals surface area (Å²) in [5.41, 5.74) is 3.83. The van der Waals surface area contributed by atoms with Crippen molar-refractivity contribution in [3.05, 3.63) is 66.0 Å². The van der Waals surface area contributed by atoms with Crippen LogP contribution < -0.4 is 0 Å². The van der Waals surface area contributed by atoms with Crippen molar-refractivity contribution in [2.75, 3.05) is 13.1 Å². The maximum atomic E-state index is 5.07. The van der Waals surface area contributed by atoms with Crippen LogP contribution in [0.2, 0.25) is 0 Å². The maximum absolute atomic E-state index is 5.07. The summed E-state index contributed by atoms with van der Waals surface area (Å²) < 4.78 is 2.48. The molecule has 3 aromatic rings. The van der Waals surface area contributed by atoms with Gasteiger partial charge in [0.25, 0.3) is 0 Å². The standard InChI is InChI=1S/C24H31N3/c1-20(26-17-9-2-3-10-18-26)24-25-22-15-7-8-16-23(22)27(24)19-11-14-21-12-5-4-6-13-21/h4-8,12-13,15-16,20H,2-3,9-11,14,17-19H2,1H3/t20-/m0/s1. The molecule has 2 aromatic carbocycles. The van der Waals surface area contributed by atoms with Crippen LogP contribution in [0.4, 0.5) is 0 Å². The van der Waals surface area contributed by atoms with Gasteiger partial charge in [0.05, 0.1) is 17.1 Å². The molecule has 27 heavy (non-hydrogen) atoms. The van der Waals surface area contributed by atoms with Crippen LogP contribution in [-0.2, 0) is 13.0 Å². The van der Waals surface area contributed by atoms with E-state index >= 15 is 0 Å². The third-order valence-electron chi connectivity index (χ3n) is 5.94. The van der Waals surface area contributed by atoms with Crippen LogP contribution in [0.3, 0.4) is 0 Å². The van der Waals surface area contributed by atoms with Gasteiger partial charge in [-0.25, -0.2) is 4.98 Å². The molecular formula is C24H31N3. The summed E-state index contributed by atoms with van der Waals surface area (Å²) in [5, 5.41) is 0. The fourth-order valence-corrected chi connectivity index (χ4v) is 4.38. The lowest BCUT2D eigenvalue weighted by molar-refractivity contribution is 0.207. The van der Waals surface area contributed by atoms with Gasteiger partial charge in [-0.05, 0) is 63.4 Å². The predicted octanol–water partition coefficient (Wildman–Crippen LogP) is 5.61. The Bertz CT molecular complexity index is 844. The average molecular weight is 362 g/mol. The Morgan fingerprint density at radius 2 is 1.59 bits per heavy atom. The van der Waals surface area contributed by atoms with Crippen molar-refractivity contribution in [3.63, 3.8) is 0 Å². The molecule has 0 amide bonds. The number of para-hydroxylation sites is 2. The highest BCUT2D eigenvalue weighted by molar-refractivity contribution is 5.76. The Balaban J connectivity index is 1.56. The van der Waals surface area contributed by atoms with Gasteiger partial charge in [0.2, 0.25) is 0 Å². The van der Waals surface area contributed by atoms with Crippen molar-refractivity contribution in [2.24, 2.45) is 0 Å². The Labute approximate surface area is 163 Å². The van der Waals surface area contributed by atoms with Crippen LogP contribution >= 0.6 is 0 Å². The van der Waals surface area contributed by atoms with Crippen LogP contribution in [0.1, 0.15) is 56.5 Å². The minimum absolute atomic E-state index is 0.382. The van der Waals surface area contributed by atoms with Crippen molar-refractivity contribution in [1.82, 2.24) is 14.5 Å². The summed E-state index contributed by atoms with van der Waals surface area (Å²) in [6.45, 7) is 5.78. The summed E-state index contributed by atoms with van der Waals surface area (Å²) >= 11 is 0. The number of nitrogens with zero attached hydrogens (tertiary/aromatic N) is 3. The molecule has 0 radical (unpaired) electrons. The second kappa shape index (κ2) is 8.71. The number of aromatic nitrogens is 2. The largest absolute Gasteiger partial charge is 0.327 e. The molecule has 2 heterocycles. The highest BCUT2D eigenvalue weighted by Gasteiger charge is 2.23. The van der Waals surface area contributed by atoms with Gasteiger partial charge >= 0.3 is 0 Å². The zero-order valence-electron chi connectivity index (χ0n) is 16.5. The molecule has 0 spiro atoms. The Kier molecular flexibility index (Phi) is 5.88. The molecule has 0 unspecified atom stereocenters. The Morgan fingerprint density at radius 1 is 0.889 bits per heavy atom. The van der Waals surface area contributed by atoms with Gasteiger partial charge in [-0.2, -0.15) is 0 Å². The topological polar surface area (TPSA) is 21.1 Å². The minimum atomic E-state index is 0.382. The number of benzene rings is 2. The van der Waals surface area contributed by atoms with Gasteiger partial charge in [-0.3, -0.25) is 4.90 Å². The van der Waals surface area contributed by atoms with Gasteiger partial charge in [-0.1, -0.05) is 55.3 Å². The molecule has 3 nitrogen and oxygen atoms in total. The van der Waals surface area contributed by atoms with E-state index in [1.165, 1.54) is 55.7 Å². The number of hydrogen-bond acceptors (Lipinski definition) is 2. The van der Waals surface area contributed by atoms with E-state index in [2.05, 4.69) is 71.0 Å². The second-order valence-electron chi connectivity index (χ2n) is 7.83. The van der Waals surface area contributed by atoms with Crippen LogP contribution in [0, 0.1) is 0 Å². The molecule has 0 aliphatic carbocycles. The molecule has 1 aliphatic heterocycles. The van der Waals surface area contributed by atoms with E-state index in [4.69, 9.17) is 4.98 Å². The lowest BCUT2D eigenvalue weighted by Crippen LogP contribution is -2.30. The van der Waals surface area contributed by atoms with Gasteiger partial charge in [0.15, 0.2) is 0 Å². The normalized spacial score (nSPS) is 17.1. The van der Waals surface area contributed by atoms with Crippen LogP contribution in [-0.4, -0.2) is 27.5 Å². The highest BCUT2D eigenvalue weighted by Crippen LogP contribution is 2.27. The highest BCUT2D eigenvalue weighted by atomic mass is 15.2. The number of hydrogen-bond donors (Lipinski definition) is 0. The van der Waals surface area contributed by atoms with E-state index in [0.717, 1.165) is 24.9 Å². The van der Waals surface area contributed by atoms with Crippen LogP contribution in [0.5, 0.6) is 0 Å². The molecule has 1 atom stereocenters. The van der Waals surface area contributed by atoms with Gasteiger partial charge in [0.1, 0.15) is 5.82 Å².